The summed E-state index contributed by atoms with van der Waals surface area (Å²) in [6.07, 6.45) is 6.54. The van der Waals surface area contributed by atoms with Crippen molar-refractivity contribution >= 4 is 63.4 Å². The van der Waals surface area contributed by atoms with Gasteiger partial charge in [-0.3, -0.25) is 9.20 Å². The summed E-state index contributed by atoms with van der Waals surface area (Å²) in [6.45, 7) is 9.07. The average molecular weight is 648 g/mol. The summed E-state index contributed by atoms with van der Waals surface area (Å²) in [4.78, 5) is 43.8. The fourth-order valence-corrected chi connectivity index (χ4v) is 6.71. The Balaban J connectivity index is 1.05. The minimum Gasteiger partial charge on any atom is -0.444 e. The molecule has 2 fully saturated rings. The maximum absolute atomic E-state index is 13.6. The van der Waals surface area contributed by atoms with Gasteiger partial charge in [-0.15, -0.1) is 0 Å². The van der Waals surface area contributed by atoms with E-state index in [4.69, 9.17) is 27.9 Å². The van der Waals surface area contributed by atoms with E-state index in [-0.39, 0.29) is 17.1 Å². The van der Waals surface area contributed by atoms with Crippen molar-refractivity contribution in [2.45, 2.75) is 39.2 Å². The van der Waals surface area contributed by atoms with Crippen molar-refractivity contribution in [1.82, 2.24) is 28.8 Å². The molecule has 1 spiro atoms. The lowest BCUT2D eigenvalue weighted by Gasteiger charge is -2.55. The maximum atomic E-state index is 13.6. The number of anilines is 3. The quantitative estimate of drug-likeness (QED) is 0.242. The van der Waals surface area contributed by atoms with E-state index in [0.29, 0.717) is 38.5 Å². The highest BCUT2D eigenvalue weighted by atomic mass is 35.5. The smallest absolute Gasteiger partial charge is 0.410 e. The zero-order valence-corrected chi connectivity index (χ0v) is 26.6. The summed E-state index contributed by atoms with van der Waals surface area (Å²) in [6, 6.07) is 13.2. The highest BCUT2D eigenvalue weighted by Gasteiger charge is 2.46. The Hall–Kier alpha value is -4.35. The fraction of sp³-hybridized carbons (Fsp3) is 0.344. The molecule has 5 heterocycles. The van der Waals surface area contributed by atoms with Crippen LogP contribution < -0.4 is 15.8 Å². The molecule has 1 N–H and O–H groups in total. The van der Waals surface area contributed by atoms with E-state index in [1.807, 2.05) is 37.8 Å². The molecule has 1 amide bonds. The molecule has 3 aromatic heterocycles. The number of ether oxygens (including phenoxy) is 1. The van der Waals surface area contributed by atoms with E-state index in [0.717, 1.165) is 50.4 Å². The highest BCUT2D eigenvalue weighted by molar-refractivity contribution is 6.37. The summed E-state index contributed by atoms with van der Waals surface area (Å²) in [5, 5.41) is 4.20. The van der Waals surface area contributed by atoms with Gasteiger partial charge in [-0.05, 0) is 70.0 Å². The first kappa shape index (κ1) is 29.4. The van der Waals surface area contributed by atoms with Gasteiger partial charge in [0.25, 0.3) is 5.56 Å². The molecular formula is C32H32Cl2N8O3. The first-order chi connectivity index (χ1) is 21.5. The van der Waals surface area contributed by atoms with Gasteiger partial charge >= 0.3 is 6.09 Å². The third-order valence-electron chi connectivity index (χ3n) is 8.43. The number of halogens is 2. The molecule has 2 aliphatic rings. The molecule has 2 aliphatic heterocycles. The van der Waals surface area contributed by atoms with Crippen LogP contribution in [0.15, 0.2) is 65.8 Å². The lowest BCUT2D eigenvalue weighted by molar-refractivity contribution is 0.00598. The van der Waals surface area contributed by atoms with Crippen molar-refractivity contribution in [3.8, 4) is 5.69 Å². The van der Waals surface area contributed by atoms with Crippen LogP contribution in [-0.4, -0.2) is 66.7 Å². The first-order valence-corrected chi connectivity index (χ1v) is 15.6. The molecular weight excluding hydrogens is 615 g/mol. The van der Waals surface area contributed by atoms with Crippen molar-refractivity contribution in [2.24, 2.45) is 5.41 Å². The van der Waals surface area contributed by atoms with E-state index in [9.17, 15) is 9.59 Å². The maximum Gasteiger partial charge on any atom is 0.410 e. The Kier molecular flexibility index (Phi) is 7.13. The van der Waals surface area contributed by atoms with Gasteiger partial charge in [0.1, 0.15) is 11.0 Å². The second-order valence-electron chi connectivity index (χ2n) is 12.7. The predicted octanol–water partition coefficient (Wildman–Crippen LogP) is 6.32. The summed E-state index contributed by atoms with van der Waals surface area (Å²) in [5.74, 6) is 0.678. The van der Waals surface area contributed by atoms with Gasteiger partial charge in [-0.2, -0.15) is 4.98 Å². The Bertz CT molecular complexity index is 1960. The molecule has 11 nitrogen and oxygen atoms in total. The number of para-hydroxylation sites is 1. The summed E-state index contributed by atoms with van der Waals surface area (Å²) in [5.41, 5.74) is 2.09. The second kappa shape index (κ2) is 10.9. The lowest BCUT2D eigenvalue weighted by atomic mass is 9.72. The van der Waals surface area contributed by atoms with Gasteiger partial charge < -0.3 is 19.9 Å². The monoisotopic (exact) mass is 646 g/mol. The van der Waals surface area contributed by atoms with E-state index >= 15 is 0 Å². The Morgan fingerprint density at radius 2 is 1.69 bits per heavy atom. The molecule has 0 bridgehead atoms. The van der Waals surface area contributed by atoms with E-state index in [2.05, 4.69) is 37.3 Å². The topological polar surface area (TPSA) is 110 Å². The van der Waals surface area contributed by atoms with E-state index in [1.54, 1.807) is 35.0 Å². The number of rotatable bonds is 4. The SMILES string of the molecule is CC(C)(C)OC(=O)N1CCC2(CC1)CN(c1ccc(Nc3ncc4c(=O)n(-c5c(Cl)cccc5Cl)c5nccn5c4n3)cc1)C2. The van der Waals surface area contributed by atoms with Crippen LogP contribution >= 0.6 is 23.2 Å². The number of likely N-dealkylation sites (tertiary alicyclic amines) is 1. The number of carbonyl (C=O) groups is 1. The molecule has 0 unspecified atom stereocenters. The number of aromatic nitrogens is 5. The summed E-state index contributed by atoms with van der Waals surface area (Å²) in [7, 11) is 0. The second-order valence-corrected chi connectivity index (χ2v) is 13.5. The standard InChI is InChI=1S/C32H32Cl2N8O3/c1-31(2,3)45-30(44)39-14-11-32(12-15-39)18-40(19-32)21-9-7-20(8-10-21)37-28-36-17-22-26(38-28)41-16-13-35-29(41)42(27(22)43)25-23(33)5-4-6-24(25)34/h4-10,13,16-17H,11-12,14-15,18-19H2,1-3H3,(H,36,37,38). The number of nitrogens with one attached hydrogen (secondary N) is 1. The molecule has 7 rings (SSSR count). The van der Waals surface area contributed by atoms with Crippen LogP contribution in [0, 0.1) is 5.41 Å². The van der Waals surface area contributed by atoms with Crippen molar-refractivity contribution in [2.75, 3.05) is 36.4 Å². The Labute approximate surface area is 269 Å². The largest absolute Gasteiger partial charge is 0.444 e. The number of fused-ring (bicyclic) bond motifs is 3. The number of hydrogen-bond donors (Lipinski definition) is 1. The fourth-order valence-electron chi connectivity index (χ4n) is 6.15. The van der Waals surface area contributed by atoms with Gasteiger partial charge in [0.2, 0.25) is 11.7 Å². The number of piperidine rings is 1. The van der Waals surface area contributed by atoms with Crippen molar-refractivity contribution in [1.29, 1.82) is 0 Å². The molecule has 232 valence electrons. The van der Waals surface area contributed by atoms with Gasteiger partial charge in [0, 0.05) is 61.6 Å². The van der Waals surface area contributed by atoms with Crippen LogP contribution in [0.3, 0.4) is 0 Å². The normalized spacial score (nSPS) is 16.3. The zero-order chi connectivity index (χ0) is 31.5. The third-order valence-corrected chi connectivity index (χ3v) is 9.04. The number of imidazole rings is 1. The molecule has 45 heavy (non-hydrogen) atoms. The minimum absolute atomic E-state index is 0.222. The summed E-state index contributed by atoms with van der Waals surface area (Å²) >= 11 is 12.9. The van der Waals surface area contributed by atoms with Crippen LogP contribution in [0.2, 0.25) is 10.0 Å². The molecule has 0 aliphatic carbocycles. The Morgan fingerprint density at radius 1 is 1.00 bits per heavy atom. The zero-order valence-electron chi connectivity index (χ0n) is 25.1. The van der Waals surface area contributed by atoms with E-state index < -0.39 is 5.60 Å². The van der Waals surface area contributed by atoms with Crippen molar-refractivity contribution in [3.63, 3.8) is 0 Å². The molecule has 5 aromatic rings. The predicted molar refractivity (Wildman–Crippen MR) is 175 cm³/mol. The van der Waals surface area contributed by atoms with Crippen molar-refractivity contribution < 1.29 is 9.53 Å². The highest BCUT2D eigenvalue weighted by Crippen LogP contribution is 2.43. The molecule has 2 saturated heterocycles. The molecule has 2 aromatic carbocycles. The van der Waals surface area contributed by atoms with Gasteiger partial charge in [0.15, 0.2) is 5.65 Å². The lowest BCUT2D eigenvalue weighted by Crippen LogP contribution is -2.61. The first-order valence-electron chi connectivity index (χ1n) is 14.8. The molecule has 0 atom stereocenters. The van der Waals surface area contributed by atoms with Gasteiger partial charge in [-0.1, -0.05) is 29.3 Å². The van der Waals surface area contributed by atoms with Crippen LogP contribution in [0.25, 0.3) is 22.5 Å². The molecule has 0 radical (unpaired) electrons. The average Bonchev–Trinajstić information content (AvgIpc) is 3.47. The van der Waals surface area contributed by atoms with Crippen LogP contribution in [0.4, 0.5) is 22.1 Å². The van der Waals surface area contributed by atoms with Crippen molar-refractivity contribution in [3.05, 3.63) is 81.5 Å². The minimum atomic E-state index is -0.482. The van der Waals surface area contributed by atoms with Gasteiger partial charge in [-0.25, -0.2) is 19.3 Å². The van der Waals surface area contributed by atoms with Gasteiger partial charge in [0.05, 0.1) is 15.7 Å². The molecule has 13 heteroatoms. The van der Waals surface area contributed by atoms with E-state index in [1.165, 1.54) is 10.8 Å². The van der Waals surface area contributed by atoms with Crippen LogP contribution in [-0.2, 0) is 4.74 Å². The van der Waals surface area contributed by atoms with Crippen LogP contribution in [0.5, 0.6) is 0 Å². The van der Waals surface area contributed by atoms with Crippen LogP contribution in [0.1, 0.15) is 33.6 Å². The number of nitrogens with zero attached hydrogens (tertiary/aromatic N) is 7. The third kappa shape index (κ3) is 5.44. The molecule has 0 saturated carbocycles. The number of carbonyl (C=O) groups excluding carboxylic acids is 1. The summed E-state index contributed by atoms with van der Waals surface area (Å²) < 4.78 is 8.64. The Morgan fingerprint density at radius 3 is 2.36 bits per heavy atom. The number of hydrogen-bond acceptors (Lipinski definition) is 8. The number of benzene rings is 2. The number of amides is 1.